The lowest BCUT2D eigenvalue weighted by molar-refractivity contribution is -0.917. The van der Waals surface area contributed by atoms with Gasteiger partial charge in [-0.05, 0) is 24.3 Å². The van der Waals surface area contributed by atoms with Gasteiger partial charge in [-0.3, -0.25) is 9.59 Å². The van der Waals surface area contributed by atoms with E-state index in [0.717, 1.165) is 18.8 Å². The molecule has 0 aliphatic carbocycles. The van der Waals surface area contributed by atoms with E-state index in [-0.39, 0.29) is 18.4 Å². The van der Waals surface area contributed by atoms with Crippen molar-refractivity contribution in [2.75, 3.05) is 45.7 Å². The van der Waals surface area contributed by atoms with E-state index < -0.39 is 0 Å². The first-order chi connectivity index (χ1) is 13.0. The number of amides is 2. The van der Waals surface area contributed by atoms with Crippen LogP contribution in [-0.4, -0.2) is 61.5 Å². The van der Waals surface area contributed by atoms with Crippen LogP contribution < -0.4 is 10.1 Å². The molecule has 2 aromatic rings. The monoisotopic (exact) mass is 368 g/mol. The quantitative estimate of drug-likeness (QED) is 0.795. The van der Waals surface area contributed by atoms with Crippen molar-refractivity contribution in [1.29, 1.82) is 0 Å². The van der Waals surface area contributed by atoms with E-state index in [1.54, 1.807) is 36.3 Å². The molecule has 1 unspecified atom stereocenters. The fourth-order valence-electron chi connectivity index (χ4n) is 3.37. The zero-order chi connectivity index (χ0) is 19.3. The molecule has 27 heavy (non-hydrogen) atoms. The number of nitrogens with one attached hydrogen (secondary N) is 1. The fraction of sp³-hybridized carbons (Fsp3) is 0.333. The van der Waals surface area contributed by atoms with Crippen LogP contribution in [0.2, 0.25) is 0 Å². The number of nitrogens with zero attached hydrogens (tertiary/aromatic N) is 2. The van der Waals surface area contributed by atoms with E-state index in [1.807, 2.05) is 18.2 Å². The van der Waals surface area contributed by atoms with Crippen molar-refractivity contribution in [2.45, 2.75) is 6.54 Å². The van der Waals surface area contributed by atoms with E-state index in [4.69, 9.17) is 4.74 Å². The van der Waals surface area contributed by atoms with Crippen LogP contribution in [0.5, 0.6) is 5.75 Å². The average Bonchev–Trinajstić information content (AvgIpc) is 2.65. The summed E-state index contributed by atoms with van der Waals surface area (Å²) in [7, 11) is 3.69. The van der Waals surface area contributed by atoms with E-state index in [2.05, 4.69) is 24.5 Å². The SMILES string of the molecule is COc1ccc(NC(=O)CN2CC[N+](C)(Cc3ccccc3)CC2=O)cc1. The van der Waals surface area contributed by atoms with Gasteiger partial charge >= 0.3 is 0 Å². The maximum absolute atomic E-state index is 12.6. The van der Waals surface area contributed by atoms with Crippen molar-refractivity contribution in [2.24, 2.45) is 0 Å². The molecular formula is C21H26N3O3+. The summed E-state index contributed by atoms with van der Waals surface area (Å²) in [6.45, 7) is 2.72. The molecule has 2 aromatic carbocycles. The van der Waals surface area contributed by atoms with E-state index >= 15 is 0 Å². The second-order valence-electron chi connectivity index (χ2n) is 7.24. The number of carbonyl (C=O) groups excluding carboxylic acids is 2. The largest absolute Gasteiger partial charge is 0.497 e. The highest BCUT2D eigenvalue weighted by Crippen LogP contribution is 2.18. The molecule has 0 aromatic heterocycles. The van der Waals surface area contributed by atoms with Gasteiger partial charge in [0, 0.05) is 11.3 Å². The number of hydrogen-bond acceptors (Lipinski definition) is 3. The third-order valence-electron chi connectivity index (χ3n) is 4.89. The number of carbonyl (C=O) groups is 2. The Bertz CT molecular complexity index is 792. The maximum atomic E-state index is 12.6. The topological polar surface area (TPSA) is 58.6 Å². The van der Waals surface area contributed by atoms with E-state index in [1.165, 1.54) is 5.56 Å². The molecule has 3 rings (SSSR count). The van der Waals surface area contributed by atoms with Crippen molar-refractivity contribution in [3.05, 3.63) is 60.2 Å². The van der Waals surface area contributed by atoms with Crippen molar-refractivity contribution in [3.63, 3.8) is 0 Å². The van der Waals surface area contributed by atoms with Crippen LogP contribution in [0.25, 0.3) is 0 Å². The highest BCUT2D eigenvalue weighted by molar-refractivity contribution is 5.94. The first kappa shape index (κ1) is 18.9. The molecule has 6 heteroatoms. The van der Waals surface area contributed by atoms with Crippen LogP contribution in [0.1, 0.15) is 5.56 Å². The Morgan fingerprint density at radius 3 is 2.48 bits per heavy atom. The number of rotatable bonds is 6. The molecule has 1 aliphatic rings. The lowest BCUT2D eigenvalue weighted by Gasteiger charge is -2.41. The predicted molar refractivity (Wildman–Crippen MR) is 104 cm³/mol. The smallest absolute Gasteiger partial charge is 0.278 e. The Balaban J connectivity index is 1.53. The second-order valence-corrected chi connectivity index (χ2v) is 7.24. The molecule has 1 N–H and O–H groups in total. The minimum atomic E-state index is -0.187. The zero-order valence-corrected chi connectivity index (χ0v) is 15.9. The number of quaternary nitrogens is 1. The Kier molecular flexibility index (Phi) is 5.76. The molecule has 0 radical (unpaired) electrons. The van der Waals surface area contributed by atoms with Gasteiger partial charge in [-0.2, -0.15) is 0 Å². The fourth-order valence-corrected chi connectivity index (χ4v) is 3.37. The van der Waals surface area contributed by atoms with Gasteiger partial charge in [-0.15, -0.1) is 0 Å². The molecule has 0 spiro atoms. The summed E-state index contributed by atoms with van der Waals surface area (Å²) in [5.41, 5.74) is 1.91. The summed E-state index contributed by atoms with van der Waals surface area (Å²) < 4.78 is 5.77. The molecule has 1 heterocycles. The summed E-state index contributed by atoms with van der Waals surface area (Å²) in [5.74, 6) is 0.562. The van der Waals surface area contributed by atoms with Crippen LogP contribution in [0.4, 0.5) is 5.69 Å². The number of benzene rings is 2. The Morgan fingerprint density at radius 2 is 1.85 bits per heavy atom. The second kappa shape index (κ2) is 8.22. The van der Waals surface area contributed by atoms with Crippen molar-refractivity contribution >= 4 is 17.5 Å². The van der Waals surface area contributed by atoms with Gasteiger partial charge in [-0.25, -0.2) is 0 Å². The first-order valence-electron chi connectivity index (χ1n) is 9.07. The molecule has 2 amide bonds. The minimum absolute atomic E-state index is 0.0181. The molecule has 0 saturated carbocycles. The highest BCUT2D eigenvalue weighted by atomic mass is 16.5. The molecule has 1 saturated heterocycles. The number of likely N-dealkylation sites (N-methyl/N-ethyl adjacent to an activating group) is 1. The average molecular weight is 368 g/mol. The summed E-state index contributed by atoms with van der Waals surface area (Å²) in [6, 6.07) is 17.3. The maximum Gasteiger partial charge on any atom is 0.278 e. The number of hydrogen-bond donors (Lipinski definition) is 1. The van der Waals surface area contributed by atoms with Gasteiger partial charge in [0.1, 0.15) is 18.8 Å². The van der Waals surface area contributed by atoms with E-state index in [0.29, 0.717) is 23.3 Å². The van der Waals surface area contributed by atoms with Gasteiger partial charge in [0.25, 0.3) is 5.91 Å². The number of anilines is 1. The summed E-state index contributed by atoms with van der Waals surface area (Å²) in [4.78, 5) is 26.5. The van der Waals surface area contributed by atoms with Crippen LogP contribution >= 0.6 is 0 Å². The van der Waals surface area contributed by atoms with Crippen LogP contribution in [0, 0.1) is 0 Å². The Hall–Kier alpha value is -2.86. The standard InChI is InChI=1S/C21H25N3O3/c1-24(15-17-6-4-3-5-7-17)13-12-23(21(26)16-24)14-20(25)22-18-8-10-19(27-2)11-9-18/h3-11H,12-16H2,1-2H3/p+1. The molecule has 1 atom stereocenters. The lowest BCUT2D eigenvalue weighted by atomic mass is 10.1. The predicted octanol–water partition coefficient (Wildman–Crippen LogP) is 2.12. The molecule has 6 nitrogen and oxygen atoms in total. The summed E-state index contributed by atoms with van der Waals surface area (Å²) in [5, 5.41) is 2.83. The normalized spacial score (nSPS) is 19.6. The molecular weight excluding hydrogens is 342 g/mol. The molecule has 1 fully saturated rings. The van der Waals surface area contributed by atoms with Crippen LogP contribution in [0.15, 0.2) is 54.6 Å². The number of ether oxygens (including phenoxy) is 1. The van der Waals surface area contributed by atoms with Gasteiger partial charge < -0.3 is 19.4 Å². The highest BCUT2D eigenvalue weighted by Gasteiger charge is 2.35. The zero-order valence-electron chi connectivity index (χ0n) is 15.9. The van der Waals surface area contributed by atoms with Gasteiger partial charge in [0.15, 0.2) is 6.54 Å². The molecule has 142 valence electrons. The Labute approximate surface area is 159 Å². The summed E-state index contributed by atoms with van der Waals surface area (Å²) >= 11 is 0. The number of piperazine rings is 1. The summed E-state index contributed by atoms with van der Waals surface area (Å²) in [6.07, 6.45) is 0. The van der Waals surface area contributed by atoms with Crippen molar-refractivity contribution in [3.8, 4) is 5.75 Å². The first-order valence-corrected chi connectivity index (χ1v) is 9.07. The van der Waals surface area contributed by atoms with Gasteiger partial charge in [0.05, 0.1) is 27.2 Å². The molecule has 1 aliphatic heterocycles. The third kappa shape index (κ3) is 5.08. The van der Waals surface area contributed by atoms with E-state index in [9.17, 15) is 9.59 Å². The lowest BCUT2D eigenvalue weighted by Crippen LogP contribution is -2.60. The molecule has 0 bridgehead atoms. The van der Waals surface area contributed by atoms with Gasteiger partial charge in [0.2, 0.25) is 5.91 Å². The third-order valence-corrected chi connectivity index (χ3v) is 4.89. The van der Waals surface area contributed by atoms with Gasteiger partial charge in [-0.1, -0.05) is 30.3 Å². The van der Waals surface area contributed by atoms with Crippen LogP contribution in [-0.2, 0) is 16.1 Å². The van der Waals surface area contributed by atoms with Crippen LogP contribution in [0.3, 0.4) is 0 Å². The Morgan fingerprint density at radius 1 is 1.15 bits per heavy atom. The number of methoxy groups -OCH3 is 1. The van der Waals surface area contributed by atoms with Crippen molar-refractivity contribution in [1.82, 2.24) is 4.90 Å². The minimum Gasteiger partial charge on any atom is -0.497 e. The van der Waals surface area contributed by atoms with Crippen molar-refractivity contribution < 1.29 is 18.8 Å².